The molecule has 1 amide bonds. The number of H-pyrrole nitrogens is 2. The van der Waals surface area contributed by atoms with Crippen LogP contribution in [0.5, 0.6) is 0 Å². The maximum Gasteiger partial charge on any atom is 0.323 e. The number of imidazole rings is 1. The molecule has 130 valence electrons. The smallest absolute Gasteiger partial charge is 0.323 e. The highest BCUT2D eigenvalue weighted by Gasteiger charge is 2.34. The summed E-state index contributed by atoms with van der Waals surface area (Å²) in [7, 11) is 1.93. The monoisotopic (exact) mass is 339 g/mol. The number of carbonyl (C=O) groups excluding carboxylic acids is 1. The number of hydrogen-bond acceptors (Lipinski definition) is 3. The number of likely N-dealkylation sites (tertiary alicyclic amines) is 1. The van der Waals surface area contributed by atoms with Gasteiger partial charge in [0.15, 0.2) is 0 Å². The Kier molecular flexibility index (Phi) is 3.52. The van der Waals surface area contributed by atoms with Gasteiger partial charge in [0.2, 0.25) is 0 Å². The Morgan fingerprint density at radius 2 is 2.00 bits per heavy atom. The zero-order valence-electron chi connectivity index (χ0n) is 14.6. The number of benzene rings is 1. The normalized spacial score (nSPS) is 17.6. The average Bonchev–Trinajstić information content (AvgIpc) is 3.24. The number of aryl methyl sites for hydroxylation is 2. The zero-order chi connectivity index (χ0) is 17.7. The van der Waals surface area contributed by atoms with E-state index in [1.165, 1.54) is 0 Å². The molecule has 1 atom stereocenters. The van der Waals surface area contributed by atoms with E-state index in [-0.39, 0.29) is 17.6 Å². The number of rotatable bonds is 2. The molecule has 0 radical (unpaired) electrons. The molecule has 0 spiro atoms. The molecule has 25 heavy (non-hydrogen) atoms. The molecule has 0 saturated carbocycles. The number of aromatic nitrogens is 4. The van der Waals surface area contributed by atoms with Crippen LogP contribution in [0.4, 0.5) is 0 Å². The third-order valence-electron chi connectivity index (χ3n) is 5.17. The number of aromatic amines is 2. The number of nitrogens with zero attached hydrogens (tertiary/aromatic N) is 3. The predicted molar refractivity (Wildman–Crippen MR) is 94.6 cm³/mol. The van der Waals surface area contributed by atoms with Crippen LogP contribution in [0.3, 0.4) is 0 Å². The van der Waals surface area contributed by atoms with Crippen molar-refractivity contribution in [2.75, 3.05) is 6.54 Å². The lowest BCUT2D eigenvalue weighted by Crippen LogP contribution is -2.31. The minimum atomic E-state index is -0.264. The molecule has 1 aliphatic rings. The Hall–Kier alpha value is -2.83. The molecule has 1 fully saturated rings. The van der Waals surface area contributed by atoms with Gasteiger partial charge in [0.25, 0.3) is 5.91 Å². The van der Waals surface area contributed by atoms with Gasteiger partial charge in [-0.25, -0.2) is 4.79 Å². The Bertz CT molecular complexity index is 1030. The lowest BCUT2D eigenvalue weighted by Gasteiger charge is -2.25. The summed E-state index contributed by atoms with van der Waals surface area (Å²) < 4.78 is 1.88. The Morgan fingerprint density at radius 1 is 1.24 bits per heavy atom. The molecule has 1 unspecified atom stereocenters. The Labute approximate surface area is 144 Å². The van der Waals surface area contributed by atoms with Gasteiger partial charge in [-0.1, -0.05) is 0 Å². The lowest BCUT2D eigenvalue weighted by atomic mass is 10.0. The van der Waals surface area contributed by atoms with E-state index >= 15 is 0 Å². The molecule has 7 nitrogen and oxygen atoms in total. The van der Waals surface area contributed by atoms with Crippen LogP contribution in [0.2, 0.25) is 0 Å². The molecular weight excluding hydrogens is 318 g/mol. The Morgan fingerprint density at radius 3 is 2.72 bits per heavy atom. The molecule has 1 saturated heterocycles. The molecular formula is C18H21N5O2. The molecule has 4 rings (SSSR count). The molecule has 1 aromatic carbocycles. The highest BCUT2D eigenvalue weighted by molar-refractivity contribution is 5.97. The summed E-state index contributed by atoms with van der Waals surface area (Å²) in [5.74, 6) is -0.00546. The quantitative estimate of drug-likeness (QED) is 0.750. The predicted octanol–water partition coefficient (Wildman–Crippen LogP) is 2.18. The number of hydrogen-bond donors (Lipinski definition) is 2. The van der Waals surface area contributed by atoms with E-state index in [0.29, 0.717) is 16.6 Å². The van der Waals surface area contributed by atoms with E-state index in [2.05, 4.69) is 15.1 Å². The van der Waals surface area contributed by atoms with E-state index in [9.17, 15) is 9.59 Å². The van der Waals surface area contributed by atoms with Crippen molar-refractivity contribution in [2.45, 2.75) is 32.7 Å². The van der Waals surface area contributed by atoms with Crippen LogP contribution in [-0.2, 0) is 7.05 Å². The van der Waals surface area contributed by atoms with Crippen LogP contribution in [0.1, 0.15) is 46.2 Å². The first-order valence-electron chi connectivity index (χ1n) is 8.49. The van der Waals surface area contributed by atoms with Gasteiger partial charge in [-0.2, -0.15) is 5.10 Å². The largest absolute Gasteiger partial charge is 0.331 e. The summed E-state index contributed by atoms with van der Waals surface area (Å²) in [6, 6.07) is 5.34. The van der Waals surface area contributed by atoms with Crippen molar-refractivity contribution in [1.29, 1.82) is 0 Å². The van der Waals surface area contributed by atoms with Crippen molar-refractivity contribution < 1.29 is 4.79 Å². The highest BCUT2D eigenvalue weighted by atomic mass is 16.2. The molecule has 1 aliphatic heterocycles. The molecule has 2 N–H and O–H groups in total. The first-order valence-corrected chi connectivity index (χ1v) is 8.49. The lowest BCUT2D eigenvalue weighted by molar-refractivity contribution is 0.0735. The minimum Gasteiger partial charge on any atom is -0.331 e. The SMILES string of the molecule is Cc1nn(C)c(C)c1C1CCCN1C(=O)c1ccc2[nH]c(=O)[nH]c2c1. The summed E-state index contributed by atoms with van der Waals surface area (Å²) in [5, 5.41) is 4.50. The van der Waals surface area contributed by atoms with Gasteiger partial charge in [0.05, 0.1) is 22.8 Å². The number of amides is 1. The van der Waals surface area contributed by atoms with Gasteiger partial charge < -0.3 is 14.9 Å². The topological polar surface area (TPSA) is 86.8 Å². The second-order valence-electron chi connectivity index (χ2n) is 6.70. The number of fused-ring (bicyclic) bond motifs is 1. The van der Waals surface area contributed by atoms with Crippen LogP contribution >= 0.6 is 0 Å². The fourth-order valence-corrected chi connectivity index (χ4v) is 3.91. The summed E-state index contributed by atoms with van der Waals surface area (Å²) in [5.41, 5.74) is 4.93. The van der Waals surface area contributed by atoms with Gasteiger partial charge in [-0.05, 0) is 44.9 Å². The van der Waals surface area contributed by atoms with E-state index in [4.69, 9.17) is 0 Å². The molecule has 0 bridgehead atoms. The third-order valence-corrected chi connectivity index (χ3v) is 5.17. The summed E-state index contributed by atoms with van der Waals surface area (Å²) in [6.07, 6.45) is 1.93. The minimum absolute atomic E-state index is 0.00546. The van der Waals surface area contributed by atoms with Crippen molar-refractivity contribution in [3.8, 4) is 0 Å². The fraction of sp³-hybridized carbons (Fsp3) is 0.389. The van der Waals surface area contributed by atoms with E-state index < -0.39 is 0 Å². The van der Waals surface area contributed by atoms with Gasteiger partial charge in [0.1, 0.15) is 0 Å². The molecule has 3 aromatic rings. The zero-order valence-corrected chi connectivity index (χ0v) is 14.6. The summed E-state index contributed by atoms with van der Waals surface area (Å²) in [4.78, 5) is 31.9. The maximum absolute atomic E-state index is 13.1. The van der Waals surface area contributed by atoms with Crippen LogP contribution in [0.15, 0.2) is 23.0 Å². The first-order chi connectivity index (χ1) is 12.0. The first kappa shape index (κ1) is 15.7. The van der Waals surface area contributed by atoms with Crippen molar-refractivity contribution in [2.24, 2.45) is 7.05 Å². The second kappa shape index (κ2) is 5.61. The molecule has 2 aromatic heterocycles. The van der Waals surface area contributed by atoms with Crippen LogP contribution in [0, 0.1) is 13.8 Å². The van der Waals surface area contributed by atoms with Gasteiger partial charge >= 0.3 is 5.69 Å². The third kappa shape index (κ3) is 2.47. The van der Waals surface area contributed by atoms with Crippen molar-refractivity contribution in [1.82, 2.24) is 24.6 Å². The van der Waals surface area contributed by atoms with Crippen molar-refractivity contribution in [3.63, 3.8) is 0 Å². The van der Waals surface area contributed by atoms with Crippen LogP contribution in [-0.4, -0.2) is 37.1 Å². The van der Waals surface area contributed by atoms with Gasteiger partial charge in [0, 0.05) is 30.4 Å². The number of carbonyl (C=O) groups is 1. The van der Waals surface area contributed by atoms with E-state index in [1.54, 1.807) is 18.2 Å². The van der Waals surface area contributed by atoms with Gasteiger partial charge in [-0.3, -0.25) is 9.48 Å². The molecule has 7 heteroatoms. The molecule has 3 heterocycles. The molecule has 0 aliphatic carbocycles. The maximum atomic E-state index is 13.1. The number of nitrogens with one attached hydrogen (secondary N) is 2. The van der Waals surface area contributed by atoms with E-state index in [0.717, 1.165) is 36.3 Å². The average molecular weight is 339 g/mol. The Balaban J connectivity index is 1.71. The standard InChI is InChI=1S/C18H21N5O2/c1-10-16(11(2)22(3)21-10)15-5-4-8-23(15)17(24)12-6-7-13-14(9-12)20-18(25)19-13/h6-7,9,15H,4-5,8H2,1-3H3,(H2,19,20,25). The fourth-order valence-electron chi connectivity index (χ4n) is 3.91. The van der Waals surface area contributed by atoms with Crippen molar-refractivity contribution in [3.05, 3.63) is 51.2 Å². The summed E-state index contributed by atoms with van der Waals surface area (Å²) in [6.45, 7) is 4.78. The van der Waals surface area contributed by atoms with Crippen LogP contribution < -0.4 is 5.69 Å². The van der Waals surface area contributed by atoms with E-state index in [1.807, 2.05) is 30.5 Å². The highest BCUT2D eigenvalue weighted by Crippen LogP contribution is 2.36. The van der Waals surface area contributed by atoms with Crippen LogP contribution in [0.25, 0.3) is 11.0 Å². The second-order valence-corrected chi connectivity index (χ2v) is 6.70. The summed E-state index contributed by atoms with van der Waals surface area (Å²) >= 11 is 0. The van der Waals surface area contributed by atoms with Gasteiger partial charge in [-0.15, -0.1) is 0 Å². The van der Waals surface area contributed by atoms with Crippen molar-refractivity contribution >= 4 is 16.9 Å².